The van der Waals surface area contributed by atoms with Gasteiger partial charge in [0.05, 0.1) is 11.4 Å². The van der Waals surface area contributed by atoms with E-state index in [-0.39, 0.29) is 29.0 Å². The third kappa shape index (κ3) is 4.36. The summed E-state index contributed by atoms with van der Waals surface area (Å²) in [5.74, 6) is -0.534. The molecule has 6 nitrogen and oxygen atoms in total. The molecule has 4 aliphatic rings. The number of nitrogens with one attached hydrogen (secondary N) is 1. The van der Waals surface area contributed by atoms with Crippen LogP contribution in [-0.2, 0) is 29.1 Å². The standard InChI is InChI=1S/C27H31FN4O2S/c28-20-3-4-23-18(14-20)7-12-31(23)21-8-10-30(11-9-21)15-17-1-2-19-16-32(27(35)22(19)13-17)24-5-6-25(33)29-26(24)34/h1-4,13-14,21,24,27,35H,5-12,15-16H2,(H,29,33,34). The van der Waals surface area contributed by atoms with Gasteiger partial charge in [-0.05, 0) is 66.1 Å². The second-order valence-corrected chi connectivity index (χ2v) is 10.8. The van der Waals surface area contributed by atoms with Crippen LogP contribution in [0.25, 0.3) is 0 Å². The maximum absolute atomic E-state index is 13.6. The van der Waals surface area contributed by atoms with Crippen LogP contribution in [0.2, 0.25) is 0 Å². The van der Waals surface area contributed by atoms with Crippen LogP contribution in [0, 0.1) is 5.82 Å². The van der Waals surface area contributed by atoms with Gasteiger partial charge in [0.25, 0.3) is 0 Å². The average molecular weight is 495 g/mol. The second-order valence-electron chi connectivity index (χ2n) is 10.3. The van der Waals surface area contributed by atoms with Gasteiger partial charge in [0.1, 0.15) is 5.82 Å². The fourth-order valence-corrected chi connectivity index (χ4v) is 6.77. The lowest BCUT2D eigenvalue weighted by Crippen LogP contribution is -2.51. The highest BCUT2D eigenvalue weighted by Crippen LogP contribution is 2.40. The summed E-state index contributed by atoms with van der Waals surface area (Å²) in [6.45, 7) is 4.66. The van der Waals surface area contributed by atoms with Gasteiger partial charge in [-0.25, -0.2) is 4.39 Å². The zero-order chi connectivity index (χ0) is 24.1. The first-order valence-corrected chi connectivity index (χ1v) is 13.1. The van der Waals surface area contributed by atoms with Crippen LogP contribution in [0.3, 0.4) is 0 Å². The van der Waals surface area contributed by atoms with Crippen molar-refractivity contribution in [1.29, 1.82) is 0 Å². The zero-order valence-electron chi connectivity index (χ0n) is 19.8. The van der Waals surface area contributed by atoms with Crippen LogP contribution in [-0.4, -0.2) is 53.3 Å². The molecule has 4 heterocycles. The molecular formula is C27H31FN4O2S. The molecular weight excluding hydrogens is 463 g/mol. The third-order valence-electron chi connectivity index (χ3n) is 8.14. The number of thiol groups is 1. The van der Waals surface area contributed by atoms with Crippen molar-refractivity contribution in [3.05, 3.63) is 64.5 Å². The van der Waals surface area contributed by atoms with Crippen molar-refractivity contribution in [2.45, 2.75) is 62.7 Å². The Labute approximate surface area is 210 Å². The highest BCUT2D eigenvalue weighted by Gasteiger charge is 2.39. The fraction of sp³-hybridized carbons (Fsp3) is 0.481. The second kappa shape index (κ2) is 9.22. The van der Waals surface area contributed by atoms with Gasteiger partial charge in [-0.2, -0.15) is 12.6 Å². The van der Waals surface area contributed by atoms with Crippen LogP contribution in [0.15, 0.2) is 36.4 Å². The summed E-state index contributed by atoms with van der Waals surface area (Å²) in [4.78, 5) is 31.0. The number of anilines is 1. The van der Waals surface area contributed by atoms with Gasteiger partial charge >= 0.3 is 0 Å². The van der Waals surface area contributed by atoms with Gasteiger partial charge in [-0.3, -0.25) is 24.7 Å². The minimum Gasteiger partial charge on any atom is -0.368 e. The minimum absolute atomic E-state index is 0.139. The van der Waals surface area contributed by atoms with E-state index in [1.165, 1.54) is 22.4 Å². The van der Waals surface area contributed by atoms with Crippen LogP contribution < -0.4 is 10.2 Å². The molecule has 2 atom stereocenters. The van der Waals surface area contributed by atoms with Gasteiger partial charge in [0.2, 0.25) is 11.8 Å². The molecule has 0 spiro atoms. The van der Waals surface area contributed by atoms with Crippen LogP contribution in [0.1, 0.15) is 53.3 Å². The van der Waals surface area contributed by atoms with E-state index in [0.717, 1.165) is 51.0 Å². The van der Waals surface area contributed by atoms with E-state index in [0.29, 0.717) is 25.4 Å². The summed E-state index contributed by atoms with van der Waals surface area (Å²) in [6, 6.07) is 12.0. The van der Waals surface area contributed by atoms with Gasteiger partial charge in [0.15, 0.2) is 0 Å². The molecule has 0 aromatic heterocycles. The number of likely N-dealkylation sites (tertiary alicyclic amines) is 1. The molecule has 8 heteroatoms. The molecule has 2 unspecified atom stereocenters. The largest absolute Gasteiger partial charge is 0.368 e. The van der Waals surface area contributed by atoms with E-state index in [4.69, 9.17) is 12.6 Å². The molecule has 35 heavy (non-hydrogen) atoms. The number of piperidine rings is 2. The fourth-order valence-electron chi connectivity index (χ4n) is 6.29. The lowest BCUT2D eigenvalue weighted by molar-refractivity contribution is -0.137. The monoisotopic (exact) mass is 494 g/mol. The van der Waals surface area contributed by atoms with Crippen molar-refractivity contribution in [3.63, 3.8) is 0 Å². The maximum atomic E-state index is 13.6. The Bertz CT molecular complexity index is 1170. The number of nitrogens with zero attached hydrogens (tertiary/aromatic N) is 3. The summed E-state index contributed by atoms with van der Waals surface area (Å²) in [5.41, 5.74) is 6.00. The van der Waals surface area contributed by atoms with Gasteiger partial charge in [-0.15, -0.1) is 0 Å². The number of carbonyl (C=O) groups excluding carboxylic acids is 2. The van der Waals surface area contributed by atoms with Crippen molar-refractivity contribution in [3.8, 4) is 0 Å². The number of imide groups is 1. The van der Waals surface area contributed by atoms with Gasteiger partial charge in [0, 0.05) is 50.9 Å². The Balaban J connectivity index is 1.07. The topological polar surface area (TPSA) is 55.9 Å². The summed E-state index contributed by atoms with van der Waals surface area (Å²) >= 11 is 4.86. The van der Waals surface area contributed by atoms with E-state index >= 15 is 0 Å². The quantitative estimate of drug-likeness (QED) is 0.504. The molecule has 6 rings (SSSR count). The van der Waals surface area contributed by atoms with E-state index < -0.39 is 0 Å². The van der Waals surface area contributed by atoms with Gasteiger partial charge < -0.3 is 4.90 Å². The van der Waals surface area contributed by atoms with Gasteiger partial charge in [-0.1, -0.05) is 18.2 Å². The number of fused-ring (bicyclic) bond motifs is 2. The molecule has 2 amide bonds. The van der Waals surface area contributed by atoms with Crippen LogP contribution in [0.4, 0.5) is 10.1 Å². The number of carbonyl (C=O) groups is 2. The van der Waals surface area contributed by atoms with E-state index in [9.17, 15) is 14.0 Å². The van der Waals surface area contributed by atoms with E-state index in [1.54, 1.807) is 12.1 Å². The molecule has 1 N–H and O–H groups in total. The summed E-state index contributed by atoms with van der Waals surface area (Å²) in [5, 5.41) is 2.33. The molecule has 2 aromatic carbocycles. The molecule has 0 radical (unpaired) electrons. The highest BCUT2D eigenvalue weighted by atomic mass is 32.1. The molecule has 2 aromatic rings. The molecule has 2 saturated heterocycles. The molecule has 2 fully saturated rings. The highest BCUT2D eigenvalue weighted by molar-refractivity contribution is 7.80. The Morgan fingerprint density at radius 3 is 2.60 bits per heavy atom. The molecule has 0 aliphatic carbocycles. The predicted molar refractivity (Wildman–Crippen MR) is 136 cm³/mol. The van der Waals surface area contributed by atoms with Crippen LogP contribution in [0.5, 0.6) is 0 Å². The minimum atomic E-state index is -0.308. The molecule has 0 bridgehead atoms. The first-order chi connectivity index (χ1) is 17.0. The number of amides is 2. The number of benzene rings is 2. The van der Waals surface area contributed by atoms with Crippen molar-refractivity contribution >= 4 is 30.1 Å². The third-order valence-corrected chi connectivity index (χ3v) is 8.72. The Morgan fingerprint density at radius 2 is 1.80 bits per heavy atom. The number of halogens is 1. The number of hydrogen-bond acceptors (Lipinski definition) is 6. The predicted octanol–water partition coefficient (Wildman–Crippen LogP) is 3.40. The first-order valence-electron chi connectivity index (χ1n) is 12.6. The summed E-state index contributed by atoms with van der Waals surface area (Å²) < 4.78 is 13.6. The Kier molecular flexibility index (Phi) is 6.06. The van der Waals surface area contributed by atoms with Crippen LogP contribution >= 0.6 is 12.6 Å². The summed E-state index contributed by atoms with van der Waals surface area (Å²) in [6.07, 6.45) is 4.09. The Morgan fingerprint density at radius 1 is 0.971 bits per heavy atom. The average Bonchev–Trinajstić information content (AvgIpc) is 3.40. The lowest BCUT2D eigenvalue weighted by atomic mass is 10.0. The van der Waals surface area contributed by atoms with E-state index in [1.807, 2.05) is 6.07 Å². The smallest absolute Gasteiger partial charge is 0.243 e. The molecule has 4 aliphatic heterocycles. The van der Waals surface area contributed by atoms with Crippen molar-refractivity contribution in [2.75, 3.05) is 24.5 Å². The van der Waals surface area contributed by atoms with Crippen molar-refractivity contribution in [1.82, 2.24) is 15.1 Å². The molecule has 0 saturated carbocycles. The first kappa shape index (κ1) is 23.0. The lowest BCUT2D eigenvalue weighted by Gasteiger charge is -2.38. The zero-order valence-corrected chi connectivity index (χ0v) is 20.6. The SMILES string of the molecule is O=C1CCC(N2Cc3ccc(CN4CCC(N5CCc6cc(F)ccc65)CC4)cc3C2S)C(=O)N1. The Hall–Kier alpha value is -2.42. The van der Waals surface area contributed by atoms with E-state index in [2.05, 4.69) is 38.2 Å². The maximum Gasteiger partial charge on any atom is 0.243 e. The van der Waals surface area contributed by atoms with Crippen molar-refractivity contribution in [2.24, 2.45) is 0 Å². The molecule has 184 valence electrons. The number of rotatable bonds is 4. The summed E-state index contributed by atoms with van der Waals surface area (Å²) in [7, 11) is 0. The normalized spacial score (nSPS) is 25.6. The van der Waals surface area contributed by atoms with Crippen molar-refractivity contribution < 1.29 is 14.0 Å². The number of hydrogen-bond donors (Lipinski definition) is 2.